The summed E-state index contributed by atoms with van der Waals surface area (Å²) in [6.45, 7) is 5.76. The van der Waals surface area contributed by atoms with Crippen LogP contribution < -0.4 is 5.32 Å². The van der Waals surface area contributed by atoms with E-state index in [-0.39, 0.29) is 11.1 Å². The van der Waals surface area contributed by atoms with Crippen molar-refractivity contribution in [2.45, 2.75) is 32.9 Å². The van der Waals surface area contributed by atoms with Gasteiger partial charge in [0, 0.05) is 17.8 Å². The van der Waals surface area contributed by atoms with Crippen molar-refractivity contribution in [1.29, 1.82) is 0 Å². The molecule has 0 saturated heterocycles. The third-order valence-corrected chi connectivity index (χ3v) is 3.49. The maximum atomic E-state index is 13.4. The first-order valence-electron chi connectivity index (χ1n) is 6.79. The minimum Gasteiger partial charge on any atom is -0.310 e. The minimum atomic E-state index is -0.394. The van der Waals surface area contributed by atoms with Crippen molar-refractivity contribution in [1.82, 2.24) is 15.1 Å². The molecular formula is C15H19ClFN3. The predicted octanol–water partition coefficient (Wildman–Crippen LogP) is 3.78. The van der Waals surface area contributed by atoms with Gasteiger partial charge in [0.2, 0.25) is 0 Å². The highest BCUT2D eigenvalue weighted by Crippen LogP contribution is 2.17. The highest BCUT2D eigenvalue weighted by atomic mass is 35.5. The van der Waals surface area contributed by atoms with Gasteiger partial charge in [-0.1, -0.05) is 24.6 Å². The molecule has 0 aliphatic rings. The number of benzene rings is 1. The van der Waals surface area contributed by atoms with Crippen LogP contribution >= 0.6 is 11.6 Å². The third kappa shape index (κ3) is 3.81. The average molecular weight is 296 g/mol. The fourth-order valence-corrected chi connectivity index (χ4v) is 2.11. The Morgan fingerprint density at radius 2 is 2.25 bits per heavy atom. The molecule has 20 heavy (non-hydrogen) atoms. The summed E-state index contributed by atoms with van der Waals surface area (Å²) in [5, 5.41) is 7.87. The lowest BCUT2D eigenvalue weighted by molar-refractivity contribution is 0.569. The Bertz CT molecular complexity index is 568. The lowest BCUT2D eigenvalue weighted by atomic mass is 10.2. The number of rotatable bonds is 6. The second-order valence-electron chi connectivity index (χ2n) is 4.90. The van der Waals surface area contributed by atoms with Crippen LogP contribution in [-0.2, 0) is 6.54 Å². The van der Waals surface area contributed by atoms with Crippen LogP contribution in [0.4, 0.5) is 4.39 Å². The van der Waals surface area contributed by atoms with E-state index in [9.17, 15) is 4.39 Å². The Morgan fingerprint density at radius 3 is 2.95 bits per heavy atom. The lowest BCUT2D eigenvalue weighted by Gasteiger charge is -2.10. The van der Waals surface area contributed by atoms with E-state index in [2.05, 4.69) is 24.3 Å². The van der Waals surface area contributed by atoms with Crippen LogP contribution in [-0.4, -0.2) is 16.3 Å². The Balaban J connectivity index is 2.03. The van der Waals surface area contributed by atoms with Gasteiger partial charge in [-0.05, 0) is 37.6 Å². The van der Waals surface area contributed by atoms with Gasteiger partial charge in [-0.25, -0.2) is 4.39 Å². The fourth-order valence-electron chi connectivity index (χ4n) is 1.99. The van der Waals surface area contributed by atoms with Crippen molar-refractivity contribution in [2.24, 2.45) is 0 Å². The van der Waals surface area contributed by atoms with Crippen molar-refractivity contribution in [3.63, 3.8) is 0 Å². The molecule has 0 fully saturated rings. The van der Waals surface area contributed by atoms with E-state index >= 15 is 0 Å². The van der Waals surface area contributed by atoms with Crippen LogP contribution in [0, 0.1) is 5.82 Å². The maximum Gasteiger partial charge on any atom is 0.142 e. The number of halogens is 2. The molecule has 0 bridgehead atoms. The minimum absolute atomic E-state index is 0.146. The van der Waals surface area contributed by atoms with Crippen LogP contribution in [0.5, 0.6) is 0 Å². The van der Waals surface area contributed by atoms with Crippen LogP contribution in [0.15, 0.2) is 30.6 Å². The molecule has 1 aromatic heterocycles. The van der Waals surface area contributed by atoms with E-state index < -0.39 is 5.82 Å². The maximum absolute atomic E-state index is 13.4. The monoisotopic (exact) mass is 295 g/mol. The Labute approximate surface area is 123 Å². The van der Waals surface area contributed by atoms with Gasteiger partial charge < -0.3 is 5.32 Å². The van der Waals surface area contributed by atoms with E-state index in [1.54, 1.807) is 6.07 Å². The zero-order valence-corrected chi connectivity index (χ0v) is 12.5. The first-order chi connectivity index (χ1) is 9.60. The topological polar surface area (TPSA) is 29.9 Å². The normalized spacial score (nSPS) is 12.6. The predicted molar refractivity (Wildman–Crippen MR) is 79.4 cm³/mol. The molecule has 1 atom stereocenters. The van der Waals surface area contributed by atoms with Crippen LogP contribution in [0.2, 0.25) is 5.02 Å². The fraction of sp³-hybridized carbons (Fsp3) is 0.400. The van der Waals surface area contributed by atoms with Crippen molar-refractivity contribution in [2.75, 3.05) is 6.54 Å². The van der Waals surface area contributed by atoms with Crippen molar-refractivity contribution in [3.05, 3.63) is 52.6 Å². The van der Waals surface area contributed by atoms with Gasteiger partial charge in [-0.15, -0.1) is 0 Å². The Hall–Kier alpha value is -1.39. The van der Waals surface area contributed by atoms with Gasteiger partial charge in [0.1, 0.15) is 5.82 Å². The zero-order valence-electron chi connectivity index (χ0n) is 11.7. The number of hydrogen-bond donors (Lipinski definition) is 1. The van der Waals surface area contributed by atoms with E-state index in [0.29, 0.717) is 6.54 Å². The lowest BCUT2D eigenvalue weighted by Crippen LogP contribution is -2.18. The van der Waals surface area contributed by atoms with Crippen LogP contribution in [0.1, 0.15) is 37.4 Å². The van der Waals surface area contributed by atoms with Crippen LogP contribution in [0.25, 0.3) is 0 Å². The molecule has 0 aliphatic heterocycles. The number of nitrogens with one attached hydrogen (secondary N) is 1. The highest BCUT2D eigenvalue weighted by Gasteiger charge is 2.08. The summed E-state index contributed by atoms with van der Waals surface area (Å²) >= 11 is 5.67. The first-order valence-corrected chi connectivity index (χ1v) is 7.17. The highest BCUT2D eigenvalue weighted by molar-refractivity contribution is 6.30. The Morgan fingerprint density at radius 1 is 1.45 bits per heavy atom. The SMILES string of the molecule is CCCNC(C)c1cnn(Cc2ccc(Cl)c(F)c2)c1. The first kappa shape index (κ1) is 15.0. The number of nitrogens with zero attached hydrogens (tertiary/aromatic N) is 2. The number of hydrogen-bond acceptors (Lipinski definition) is 2. The number of aromatic nitrogens is 2. The standard InChI is InChI=1S/C15H19ClFN3/c1-3-6-18-11(2)13-8-19-20(10-13)9-12-4-5-14(16)15(17)7-12/h4-5,7-8,10-11,18H,3,6,9H2,1-2H3. The van der Waals surface area contributed by atoms with Crippen LogP contribution in [0.3, 0.4) is 0 Å². The van der Waals surface area contributed by atoms with Gasteiger partial charge in [0.25, 0.3) is 0 Å². The molecular weight excluding hydrogens is 277 g/mol. The summed E-state index contributed by atoms with van der Waals surface area (Å²) in [6.07, 6.45) is 4.93. The van der Waals surface area contributed by atoms with Crippen molar-refractivity contribution >= 4 is 11.6 Å². The molecule has 0 amide bonds. The molecule has 1 N–H and O–H groups in total. The third-order valence-electron chi connectivity index (χ3n) is 3.18. The van der Waals surface area contributed by atoms with Gasteiger partial charge in [0.15, 0.2) is 0 Å². The molecule has 0 spiro atoms. The molecule has 0 radical (unpaired) electrons. The van der Waals surface area contributed by atoms with E-state index in [1.807, 2.05) is 23.1 Å². The van der Waals surface area contributed by atoms with Gasteiger partial charge in [-0.3, -0.25) is 4.68 Å². The van der Waals surface area contributed by atoms with Crippen molar-refractivity contribution in [3.8, 4) is 0 Å². The van der Waals surface area contributed by atoms with E-state index in [0.717, 1.165) is 24.1 Å². The summed E-state index contributed by atoms with van der Waals surface area (Å²) in [6, 6.07) is 5.10. The second-order valence-corrected chi connectivity index (χ2v) is 5.30. The molecule has 2 rings (SSSR count). The molecule has 1 aromatic carbocycles. The molecule has 2 aromatic rings. The molecule has 0 aliphatic carbocycles. The molecule has 1 heterocycles. The molecule has 3 nitrogen and oxygen atoms in total. The summed E-state index contributed by atoms with van der Waals surface area (Å²) in [5.41, 5.74) is 1.98. The summed E-state index contributed by atoms with van der Waals surface area (Å²) in [5.74, 6) is -0.394. The van der Waals surface area contributed by atoms with Gasteiger partial charge in [-0.2, -0.15) is 5.10 Å². The molecule has 0 saturated carbocycles. The molecule has 108 valence electrons. The van der Waals surface area contributed by atoms with Crippen molar-refractivity contribution < 1.29 is 4.39 Å². The van der Waals surface area contributed by atoms with E-state index in [1.165, 1.54) is 6.07 Å². The summed E-state index contributed by atoms with van der Waals surface area (Å²) in [7, 11) is 0. The largest absolute Gasteiger partial charge is 0.310 e. The Kier molecular flexibility index (Phi) is 5.15. The second kappa shape index (κ2) is 6.86. The zero-order chi connectivity index (χ0) is 14.5. The molecule has 5 heteroatoms. The van der Waals surface area contributed by atoms with E-state index in [4.69, 9.17) is 11.6 Å². The smallest absolute Gasteiger partial charge is 0.142 e. The quantitative estimate of drug-likeness (QED) is 0.879. The average Bonchev–Trinajstić information content (AvgIpc) is 2.89. The summed E-state index contributed by atoms with van der Waals surface area (Å²) in [4.78, 5) is 0. The summed E-state index contributed by atoms with van der Waals surface area (Å²) < 4.78 is 15.2. The van der Waals surface area contributed by atoms with Gasteiger partial charge >= 0.3 is 0 Å². The van der Waals surface area contributed by atoms with Gasteiger partial charge in [0.05, 0.1) is 17.8 Å². The molecule has 1 unspecified atom stereocenters.